The molecule has 2 nitrogen and oxygen atoms in total. The van der Waals surface area contributed by atoms with Crippen LogP contribution in [0.3, 0.4) is 0 Å². The molecule has 18 heavy (non-hydrogen) atoms. The first-order chi connectivity index (χ1) is 8.31. The summed E-state index contributed by atoms with van der Waals surface area (Å²) in [6, 6.07) is 0. The molecule has 1 fully saturated rings. The lowest BCUT2D eigenvalue weighted by Crippen LogP contribution is -2.44. The van der Waals surface area contributed by atoms with E-state index in [1.165, 1.54) is 12.8 Å². The molecule has 0 bridgehead atoms. The Balaban J connectivity index is 2.61. The van der Waals surface area contributed by atoms with Crippen LogP contribution in [0.1, 0.15) is 59.8 Å². The Hall–Kier alpha value is -0.240. The highest BCUT2D eigenvalue weighted by atomic mass is 35.5. The van der Waals surface area contributed by atoms with E-state index in [2.05, 4.69) is 33.0 Å². The van der Waals surface area contributed by atoms with Crippen molar-refractivity contribution in [3.8, 4) is 0 Å². The van der Waals surface area contributed by atoms with E-state index in [0.717, 1.165) is 19.3 Å². The van der Waals surface area contributed by atoms with Crippen molar-refractivity contribution in [2.45, 2.75) is 59.8 Å². The molecule has 1 aliphatic rings. The number of hydrogen-bond donors (Lipinski definition) is 1. The molecule has 0 aromatic heterocycles. The van der Waals surface area contributed by atoms with E-state index in [9.17, 15) is 4.79 Å². The van der Waals surface area contributed by atoms with Crippen LogP contribution >= 0.6 is 11.6 Å². The Morgan fingerprint density at radius 1 is 1.33 bits per heavy atom. The quantitative estimate of drug-likeness (QED) is 0.729. The molecule has 0 aromatic rings. The van der Waals surface area contributed by atoms with Crippen molar-refractivity contribution in [2.75, 3.05) is 12.4 Å². The van der Waals surface area contributed by atoms with Crippen LogP contribution in [-0.4, -0.2) is 18.3 Å². The van der Waals surface area contributed by atoms with Gasteiger partial charge in [-0.25, -0.2) is 0 Å². The minimum absolute atomic E-state index is 0.0190. The Morgan fingerprint density at radius 2 is 1.89 bits per heavy atom. The summed E-state index contributed by atoms with van der Waals surface area (Å²) in [5, 5.41) is 3.14. The molecule has 1 rings (SSSR count). The average molecular weight is 274 g/mol. The average Bonchev–Trinajstić information content (AvgIpc) is 2.75. The minimum Gasteiger partial charge on any atom is -0.355 e. The molecular formula is C15H28ClNO. The third kappa shape index (κ3) is 4.15. The third-order valence-electron chi connectivity index (χ3n) is 3.93. The van der Waals surface area contributed by atoms with E-state index < -0.39 is 0 Å². The van der Waals surface area contributed by atoms with Gasteiger partial charge in [0.15, 0.2) is 0 Å². The van der Waals surface area contributed by atoms with E-state index in [1.807, 2.05) is 0 Å². The van der Waals surface area contributed by atoms with Crippen LogP contribution in [0.4, 0.5) is 0 Å². The zero-order valence-electron chi connectivity index (χ0n) is 12.3. The molecule has 106 valence electrons. The van der Waals surface area contributed by atoms with Gasteiger partial charge in [0.2, 0.25) is 5.91 Å². The van der Waals surface area contributed by atoms with Gasteiger partial charge in [0.05, 0.1) is 0 Å². The lowest BCUT2D eigenvalue weighted by atomic mass is 9.77. The summed E-state index contributed by atoms with van der Waals surface area (Å²) in [6.45, 7) is 9.26. The molecular weight excluding hydrogens is 246 g/mol. The first-order valence-electron chi connectivity index (χ1n) is 7.16. The van der Waals surface area contributed by atoms with Gasteiger partial charge in [-0.2, -0.15) is 0 Å². The highest BCUT2D eigenvalue weighted by Gasteiger charge is 2.41. The summed E-state index contributed by atoms with van der Waals surface area (Å²) in [4.78, 5) is 12.5. The van der Waals surface area contributed by atoms with E-state index in [-0.39, 0.29) is 16.7 Å². The summed E-state index contributed by atoms with van der Waals surface area (Å²) < 4.78 is 0. The summed E-state index contributed by atoms with van der Waals surface area (Å²) in [5.74, 6) is 1.41. The number of carbonyl (C=O) groups is 1. The molecule has 1 aliphatic carbocycles. The van der Waals surface area contributed by atoms with Crippen LogP contribution in [-0.2, 0) is 4.79 Å². The lowest BCUT2D eigenvalue weighted by molar-refractivity contribution is -0.132. The Bertz CT molecular complexity index is 280. The summed E-state index contributed by atoms with van der Waals surface area (Å²) in [5.41, 5.74) is -0.120. The highest BCUT2D eigenvalue weighted by molar-refractivity contribution is 6.18. The van der Waals surface area contributed by atoms with Crippen LogP contribution in [0.5, 0.6) is 0 Å². The fourth-order valence-corrected chi connectivity index (χ4v) is 3.01. The van der Waals surface area contributed by atoms with Crippen molar-refractivity contribution in [2.24, 2.45) is 16.7 Å². The zero-order valence-corrected chi connectivity index (χ0v) is 13.1. The first kappa shape index (κ1) is 15.8. The Morgan fingerprint density at radius 3 is 2.33 bits per heavy atom. The SMILES string of the molecule is CC(C)CC1(C(=O)NCC(C)(C)CCl)CCCC1. The molecule has 0 saturated heterocycles. The fraction of sp³-hybridized carbons (Fsp3) is 0.933. The number of halogens is 1. The molecule has 0 aromatic carbocycles. The predicted molar refractivity (Wildman–Crippen MR) is 77.9 cm³/mol. The van der Waals surface area contributed by atoms with Crippen LogP contribution in [0.15, 0.2) is 0 Å². The maximum Gasteiger partial charge on any atom is 0.226 e. The molecule has 1 N–H and O–H groups in total. The van der Waals surface area contributed by atoms with Crippen LogP contribution < -0.4 is 5.32 Å². The van der Waals surface area contributed by atoms with E-state index >= 15 is 0 Å². The van der Waals surface area contributed by atoms with E-state index in [4.69, 9.17) is 11.6 Å². The van der Waals surface area contributed by atoms with Gasteiger partial charge in [0, 0.05) is 17.8 Å². The topological polar surface area (TPSA) is 29.1 Å². The van der Waals surface area contributed by atoms with Gasteiger partial charge in [-0.3, -0.25) is 4.79 Å². The standard InChI is InChI=1S/C15H28ClNO/c1-12(2)9-15(7-5-6-8-15)13(18)17-11-14(3,4)10-16/h12H,5-11H2,1-4H3,(H,17,18). The molecule has 0 aliphatic heterocycles. The predicted octanol–water partition coefficient (Wildman–Crippen LogP) is 3.97. The van der Waals surface area contributed by atoms with Crippen LogP contribution in [0.25, 0.3) is 0 Å². The van der Waals surface area contributed by atoms with E-state index in [1.54, 1.807) is 0 Å². The number of alkyl halides is 1. The normalized spacial score (nSPS) is 19.2. The van der Waals surface area contributed by atoms with Gasteiger partial charge in [0.25, 0.3) is 0 Å². The molecule has 1 saturated carbocycles. The van der Waals surface area contributed by atoms with Gasteiger partial charge >= 0.3 is 0 Å². The van der Waals surface area contributed by atoms with Crippen molar-refractivity contribution in [1.29, 1.82) is 0 Å². The van der Waals surface area contributed by atoms with Gasteiger partial charge < -0.3 is 5.32 Å². The van der Waals surface area contributed by atoms with Gasteiger partial charge in [-0.1, -0.05) is 40.5 Å². The summed E-state index contributed by atoms with van der Waals surface area (Å²) in [7, 11) is 0. The smallest absolute Gasteiger partial charge is 0.226 e. The van der Waals surface area contributed by atoms with Crippen molar-refractivity contribution in [3.63, 3.8) is 0 Å². The zero-order chi connectivity index (χ0) is 13.8. The maximum atomic E-state index is 12.5. The second-order valence-corrected chi connectivity index (χ2v) is 7.33. The van der Waals surface area contributed by atoms with Crippen molar-refractivity contribution in [3.05, 3.63) is 0 Å². The molecule has 0 heterocycles. The third-order valence-corrected chi connectivity index (χ3v) is 4.65. The van der Waals surface area contributed by atoms with Crippen molar-refractivity contribution >= 4 is 17.5 Å². The molecule has 1 amide bonds. The molecule has 0 atom stereocenters. The Labute approximate surface area is 117 Å². The Kier molecular flexibility index (Phi) is 5.51. The highest BCUT2D eigenvalue weighted by Crippen LogP contribution is 2.43. The van der Waals surface area contributed by atoms with E-state index in [0.29, 0.717) is 18.3 Å². The van der Waals surface area contributed by atoms with Gasteiger partial charge in [-0.15, -0.1) is 11.6 Å². The minimum atomic E-state index is -0.101. The monoisotopic (exact) mass is 273 g/mol. The lowest BCUT2D eigenvalue weighted by Gasteiger charge is -2.31. The van der Waals surface area contributed by atoms with Gasteiger partial charge in [0.1, 0.15) is 0 Å². The molecule has 0 unspecified atom stereocenters. The summed E-state index contributed by atoms with van der Waals surface area (Å²) >= 11 is 5.90. The number of nitrogens with one attached hydrogen (secondary N) is 1. The van der Waals surface area contributed by atoms with Gasteiger partial charge in [-0.05, 0) is 30.6 Å². The van der Waals surface area contributed by atoms with Crippen LogP contribution in [0.2, 0.25) is 0 Å². The first-order valence-corrected chi connectivity index (χ1v) is 7.69. The summed E-state index contributed by atoms with van der Waals surface area (Å²) in [6.07, 6.45) is 5.51. The van der Waals surface area contributed by atoms with Crippen molar-refractivity contribution in [1.82, 2.24) is 5.32 Å². The maximum absolute atomic E-state index is 12.5. The number of rotatable bonds is 6. The second-order valence-electron chi connectivity index (χ2n) is 7.07. The number of amides is 1. The molecule has 0 radical (unpaired) electrons. The molecule has 3 heteroatoms. The molecule has 0 spiro atoms. The van der Waals surface area contributed by atoms with Crippen molar-refractivity contribution < 1.29 is 4.79 Å². The number of carbonyl (C=O) groups excluding carboxylic acids is 1. The van der Waals surface area contributed by atoms with Crippen LogP contribution in [0, 0.1) is 16.7 Å². The number of hydrogen-bond acceptors (Lipinski definition) is 1. The second kappa shape index (κ2) is 6.27. The fourth-order valence-electron chi connectivity index (χ4n) is 2.91. The largest absolute Gasteiger partial charge is 0.355 e.